The normalized spacial score (nSPS) is 10.2. The van der Waals surface area contributed by atoms with Crippen LogP contribution in [0.3, 0.4) is 0 Å². The average molecular weight is 416 g/mol. The molecule has 0 aliphatic carbocycles. The molecule has 1 aromatic carbocycles. The number of aryl methyl sites for hydroxylation is 1. The number of hydrogen-bond donors (Lipinski definition) is 1. The molecule has 2 rings (SSSR count). The number of carbonyl (C=O) groups excluding carboxylic acids is 2. The van der Waals surface area contributed by atoms with Gasteiger partial charge in [-0.1, -0.05) is 15.9 Å². The number of benzene rings is 1. The Morgan fingerprint density at radius 3 is 2.67 bits per heavy atom. The molecule has 0 fully saturated rings. The zero-order valence-electron chi connectivity index (χ0n) is 11.1. The summed E-state index contributed by atoms with van der Waals surface area (Å²) in [6.45, 7) is -0.240. The molecule has 0 atom stereocenters. The molecule has 1 N–H and O–H groups in total. The van der Waals surface area contributed by atoms with Crippen LogP contribution >= 0.6 is 31.9 Å². The lowest BCUT2D eigenvalue weighted by Gasteiger charge is -2.09. The number of nitrogens with zero attached hydrogens (tertiary/aromatic N) is 1. The zero-order chi connectivity index (χ0) is 15.4. The van der Waals surface area contributed by atoms with Crippen molar-refractivity contribution in [3.63, 3.8) is 0 Å². The van der Waals surface area contributed by atoms with Crippen LogP contribution in [0, 0.1) is 0 Å². The molecule has 0 aliphatic heterocycles. The lowest BCUT2D eigenvalue weighted by atomic mass is 10.3. The van der Waals surface area contributed by atoms with E-state index in [0.29, 0.717) is 11.4 Å². The highest BCUT2D eigenvalue weighted by molar-refractivity contribution is 9.11. The van der Waals surface area contributed by atoms with Crippen molar-refractivity contribution >= 4 is 43.7 Å². The average Bonchev–Trinajstić information content (AvgIpc) is 2.84. The quantitative estimate of drug-likeness (QED) is 0.835. The van der Waals surface area contributed by atoms with E-state index in [0.717, 1.165) is 8.95 Å². The Labute approximate surface area is 138 Å². The maximum Gasteiger partial charge on any atom is 0.274 e. The van der Waals surface area contributed by atoms with E-state index in [-0.39, 0.29) is 6.61 Å². The summed E-state index contributed by atoms with van der Waals surface area (Å²) in [6.07, 6.45) is 1.73. The molecule has 0 saturated carbocycles. The summed E-state index contributed by atoms with van der Waals surface area (Å²) in [7, 11) is 1.73. The Morgan fingerprint density at radius 1 is 1.29 bits per heavy atom. The smallest absolute Gasteiger partial charge is 0.274 e. The predicted octanol–water partition coefficient (Wildman–Crippen LogP) is 2.89. The van der Waals surface area contributed by atoms with Crippen molar-refractivity contribution in [1.29, 1.82) is 0 Å². The van der Waals surface area contributed by atoms with Gasteiger partial charge in [0.15, 0.2) is 6.61 Å². The summed E-state index contributed by atoms with van der Waals surface area (Å²) in [5.74, 6) is -0.429. The van der Waals surface area contributed by atoms with Gasteiger partial charge in [-0.2, -0.15) is 0 Å². The van der Waals surface area contributed by atoms with Gasteiger partial charge in [0.2, 0.25) is 0 Å². The molecule has 0 spiro atoms. The molecule has 5 nitrogen and oxygen atoms in total. The third-order valence-corrected chi connectivity index (χ3v) is 3.79. The van der Waals surface area contributed by atoms with Gasteiger partial charge < -0.3 is 9.30 Å². The van der Waals surface area contributed by atoms with Crippen LogP contribution in [0.25, 0.3) is 0 Å². The molecule has 1 aromatic heterocycles. The fourth-order valence-corrected chi connectivity index (χ4v) is 2.82. The molecule has 0 aliphatic rings. The van der Waals surface area contributed by atoms with Crippen molar-refractivity contribution in [1.82, 2.24) is 9.88 Å². The monoisotopic (exact) mass is 414 g/mol. The van der Waals surface area contributed by atoms with Gasteiger partial charge in [-0.15, -0.1) is 0 Å². The number of carbonyl (C=O) groups is 2. The lowest BCUT2D eigenvalue weighted by Crippen LogP contribution is -2.35. The highest BCUT2D eigenvalue weighted by Crippen LogP contribution is 2.28. The fraction of sp³-hybridized carbons (Fsp3) is 0.143. The van der Waals surface area contributed by atoms with Crippen molar-refractivity contribution in [2.45, 2.75) is 0 Å². The van der Waals surface area contributed by atoms with Gasteiger partial charge in [-0.25, -0.2) is 0 Å². The standard InChI is InChI=1S/C14H12Br2N2O3/c1-18-6-2-3-11(18)14(20)17-13(19)8-21-12-5-4-9(15)7-10(12)16/h2-7H,8H2,1H3,(H,17,19,20). The first kappa shape index (κ1) is 15.8. The SMILES string of the molecule is Cn1cccc1C(=O)NC(=O)COc1ccc(Br)cc1Br. The summed E-state index contributed by atoms with van der Waals surface area (Å²) in [4.78, 5) is 23.6. The number of hydrogen-bond acceptors (Lipinski definition) is 3. The first-order chi connectivity index (χ1) is 9.97. The van der Waals surface area contributed by atoms with Crippen LogP contribution in [0.15, 0.2) is 45.5 Å². The maximum atomic E-state index is 11.8. The number of ether oxygens (including phenoxy) is 1. The molecule has 2 amide bonds. The van der Waals surface area contributed by atoms with Gasteiger partial charge in [0.05, 0.1) is 4.47 Å². The molecule has 110 valence electrons. The van der Waals surface area contributed by atoms with Crippen molar-refractivity contribution in [2.75, 3.05) is 6.61 Å². The van der Waals surface area contributed by atoms with Crippen LogP contribution in [0.4, 0.5) is 0 Å². The highest BCUT2D eigenvalue weighted by atomic mass is 79.9. The van der Waals surface area contributed by atoms with Crippen LogP contribution in [-0.4, -0.2) is 23.0 Å². The number of aromatic nitrogens is 1. The Balaban J connectivity index is 1.90. The van der Waals surface area contributed by atoms with E-state index < -0.39 is 11.8 Å². The molecular formula is C14H12Br2N2O3. The minimum Gasteiger partial charge on any atom is -0.483 e. The topological polar surface area (TPSA) is 60.3 Å². The molecule has 7 heteroatoms. The Morgan fingerprint density at radius 2 is 2.05 bits per heavy atom. The zero-order valence-corrected chi connectivity index (χ0v) is 14.3. The summed E-state index contributed by atoms with van der Waals surface area (Å²) >= 11 is 6.66. The maximum absolute atomic E-state index is 11.8. The van der Waals surface area contributed by atoms with Crippen LogP contribution in [0.5, 0.6) is 5.75 Å². The lowest BCUT2D eigenvalue weighted by molar-refractivity contribution is -0.122. The second-order valence-corrected chi connectivity index (χ2v) is 6.02. The van der Waals surface area contributed by atoms with Crippen molar-refractivity contribution in [3.05, 3.63) is 51.2 Å². The van der Waals surface area contributed by atoms with E-state index in [1.165, 1.54) is 0 Å². The van der Waals surface area contributed by atoms with Crippen LogP contribution in [-0.2, 0) is 11.8 Å². The van der Waals surface area contributed by atoms with E-state index in [4.69, 9.17) is 4.74 Å². The summed E-state index contributed by atoms with van der Waals surface area (Å²) in [6, 6.07) is 8.69. The largest absolute Gasteiger partial charge is 0.483 e. The van der Waals surface area contributed by atoms with Gasteiger partial charge >= 0.3 is 0 Å². The fourth-order valence-electron chi connectivity index (χ4n) is 1.66. The van der Waals surface area contributed by atoms with Crippen LogP contribution in [0.2, 0.25) is 0 Å². The number of amides is 2. The molecule has 2 aromatic rings. The first-order valence-electron chi connectivity index (χ1n) is 6.00. The number of imide groups is 1. The van der Waals surface area contributed by atoms with Crippen LogP contribution in [0.1, 0.15) is 10.5 Å². The number of nitrogens with one attached hydrogen (secondary N) is 1. The molecule has 1 heterocycles. The minimum absolute atomic E-state index is 0.240. The van der Waals surface area contributed by atoms with Gasteiger partial charge in [0.1, 0.15) is 11.4 Å². The van der Waals surface area contributed by atoms with Gasteiger partial charge in [0, 0.05) is 17.7 Å². The summed E-state index contributed by atoms with van der Waals surface area (Å²) < 4.78 is 8.61. The van der Waals surface area contributed by atoms with E-state index >= 15 is 0 Å². The number of rotatable bonds is 4. The predicted molar refractivity (Wildman–Crippen MR) is 85.2 cm³/mol. The van der Waals surface area contributed by atoms with Crippen molar-refractivity contribution in [3.8, 4) is 5.75 Å². The molecule has 0 bridgehead atoms. The minimum atomic E-state index is -0.504. The van der Waals surface area contributed by atoms with Crippen LogP contribution < -0.4 is 10.1 Å². The van der Waals surface area contributed by atoms with Gasteiger partial charge in [-0.3, -0.25) is 14.9 Å². The van der Waals surface area contributed by atoms with E-state index in [9.17, 15) is 9.59 Å². The Bertz CT molecular complexity index is 683. The second-order valence-electron chi connectivity index (χ2n) is 4.25. The van der Waals surface area contributed by atoms with Crippen molar-refractivity contribution < 1.29 is 14.3 Å². The number of halogens is 2. The Hall–Kier alpha value is -1.60. The molecule has 0 unspecified atom stereocenters. The molecular weight excluding hydrogens is 404 g/mol. The summed E-state index contributed by atoms with van der Waals surface area (Å²) in [5, 5.41) is 2.28. The third kappa shape index (κ3) is 4.18. The third-order valence-electron chi connectivity index (χ3n) is 2.68. The highest BCUT2D eigenvalue weighted by Gasteiger charge is 2.13. The van der Waals surface area contributed by atoms with Gasteiger partial charge in [-0.05, 0) is 46.3 Å². The van der Waals surface area contributed by atoms with E-state index in [1.54, 1.807) is 42.1 Å². The molecule has 0 radical (unpaired) electrons. The van der Waals surface area contributed by atoms with Crippen molar-refractivity contribution in [2.24, 2.45) is 7.05 Å². The second kappa shape index (κ2) is 6.91. The van der Waals surface area contributed by atoms with Gasteiger partial charge in [0.25, 0.3) is 11.8 Å². The molecule has 21 heavy (non-hydrogen) atoms. The van der Waals surface area contributed by atoms with E-state index in [1.807, 2.05) is 6.07 Å². The first-order valence-corrected chi connectivity index (χ1v) is 7.59. The summed E-state index contributed by atoms with van der Waals surface area (Å²) in [5.41, 5.74) is 0.410. The Kier molecular flexibility index (Phi) is 5.19. The van der Waals surface area contributed by atoms with E-state index in [2.05, 4.69) is 37.2 Å². The molecule has 0 saturated heterocycles.